The van der Waals surface area contributed by atoms with Crippen LogP contribution in [0.15, 0.2) is 0 Å². The highest BCUT2D eigenvalue weighted by molar-refractivity contribution is 5.11. The van der Waals surface area contributed by atoms with Gasteiger partial charge in [0, 0.05) is 12.8 Å². The third-order valence-corrected chi connectivity index (χ3v) is 5.69. The zero-order chi connectivity index (χ0) is 36.9. The Morgan fingerprint density at radius 3 is 0.667 bits per heavy atom. The zero-order valence-electron chi connectivity index (χ0n) is 20.6. The number of hydrogen-bond donors (Lipinski definition) is 1. The second-order valence-electron chi connectivity index (χ2n) is 8.96. The van der Waals surface area contributed by atoms with Gasteiger partial charge < -0.3 is 5.32 Å². The van der Waals surface area contributed by atoms with Crippen LogP contribution in [0.25, 0.3) is 0 Å². The molecule has 45 heavy (non-hydrogen) atoms. The standard InChI is InChI=1S/C18H13F26N/c19-7(20,9(23,24)11(27,28)13(31,32)15(35,36)17(39,40)41)3-1-5-45-6-2-4-8(21,22)10(25,26)12(29,30)14(33,34)16(37,38)18(42,43)44/h45H,1-6H2. The van der Waals surface area contributed by atoms with E-state index in [0.717, 1.165) is 0 Å². The number of alkyl halides is 26. The molecule has 1 nitrogen and oxygen atoms in total. The second kappa shape index (κ2) is 12.0. The Morgan fingerprint density at radius 1 is 0.267 bits per heavy atom. The van der Waals surface area contributed by atoms with Crippen molar-refractivity contribution >= 4 is 0 Å². The molecule has 0 aliphatic heterocycles. The summed E-state index contributed by atoms with van der Waals surface area (Å²) >= 11 is 0. The van der Waals surface area contributed by atoms with Crippen LogP contribution in [-0.4, -0.2) is 84.7 Å². The number of halogens is 26. The molecule has 0 aliphatic rings. The van der Waals surface area contributed by atoms with E-state index in [0.29, 0.717) is 0 Å². The summed E-state index contributed by atoms with van der Waals surface area (Å²) in [5, 5.41) is 1.49. The monoisotopic (exact) mass is 737 g/mol. The van der Waals surface area contributed by atoms with Crippen molar-refractivity contribution < 1.29 is 114 Å². The van der Waals surface area contributed by atoms with Gasteiger partial charge in [0.1, 0.15) is 0 Å². The Kier molecular flexibility index (Phi) is 11.5. The molecule has 0 aromatic rings. The Morgan fingerprint density at radius 2 is 0.467 bits per heavy atom. The van der Waals surface area contributed by atoms with E-state index in [-0.39, 0.29) is 0 Å². The first kappa shape index (κ1) is 43.1. The first-order valence-electron chi connectivity index (χ1n) is 10.8. The van der Waals surface area contributed by atoms with Gasteiger partial charge in [-0.15, -0.1) is 0 Å². The lowest BCUT2D eigenvalue weighted by Crippen LogP contribution is -2.70. The van der Waals surface area contributed by atoms with Crippen molar-refractivity contribution in [2.45, 2.75) is 97.3 Å². The molecular weight excluding hydrogens is 724 g/mol. The highest BCUT2D eigenvalue weighted by Crippen LogP contribution is 2.62. The van der Waals surface area contributed by atoms with Crippen molar-refractivity contribution in [2.75, 3.05) is 13.1 Å². The van der Waals surface area contributed by atoms with Gasteiger partial charge in [0.25, 0.3) is 0 Å². The van der Waals surface area contributed by atoms with E-state index in [2.05, 4.69) is 0 Å². The molecule has 0 fully saturated rings. The Labute approximate surface area is 231 Å². The van der Waals surface area contributed by atoms with E-state index in [1.165, 1.54) is 5.32 Å². The summed E-state index contributed by atoms with van der Waals surface area (Å²) in [6.07, 6.45) is -24.4. The Bertz CT molecular complexity index is 909. The summed E-state index contributed by atoms with van der Waals surface area (Å²) in [6.45, 7) is -2.78. The summed E-state index contributed by atoms with van der Waals surface area (Å²) in [7, 11) is 0. The highest BCUT2D eigenvalue weighted by atomic mass is 19.4. The molecule has 0 amide bonds. The van der Waals surface area contributed by atoms with Crippen LogP contribution >= 0.6 is 0 Å². The molecule has 0 rings (SSSR count). The van der Waals surface area contributed by atoms with Gasteiger partial charge in [0.05, 0.1) is 0 Å². The predicted molar refractivity (Wildman–Crippen MR) is 92.9 cm³/mol. The maximum Gasteiger partial charge on any atom is 0.460 e. The molecular formula is C18H13F26N. The van der Waals surface area contributed by atoms with Gasteiger partial charge in [0.15, 0.2) is 0 Å². The predicted octanol–water partition coefficient (Wildman–Crippen LogP) is 9.61. The molecule has 0 saturated heterocycles. The smallest absolute Gasteiger partial charge is 0.317 e. The minimum absolute atomic E-state index is 1.39. The van der Waals surface area contributed by atoms with Crippen LogP contribution in [0.5, 0.6) is 0 Å². The van der Waals surface area contributed by atoms with Gasteiger partial charge in [-0.1, -0.05) is 0 Å². The van der Waals surface area contributed by atoms with E-state index in [1.54, 1.807) is 0 Å². The SMILES string of the molecule is FC(F)(F)C(F)(F)C(F)(F)C(F)(F)C(F)(F)C(F)(F)CCCNCCCC(F)(F)C(F)(F)C(F)(F)C(F)(F)C(F)(F)C(F)(F)F. The largest absolute Gasteiger partial charge is 0.460 e. The summed E-state index contributed by atoms with van der Waals surface area (Å²) < 4.78 is 337. The van der Waals surface area contributed by atoms with E-state index < -0.39 is 110 Å². The lowest BCUT2D eigenvalue weighted by Gasteiger charge is -2.39. The van der Waals surface area contributed by atoms with E-state index in [1.807, 2.05) is 0 Å². The fourth-order valence-electron chi connectivity index (χ4n) is 2.91. The van der Waals surface area contributed by atoms with Gasteiger partial charge in [0.2, 0.25) is 0 Å². The van der Waals surface area contributed by atoms with E-state index in [4.69, 9.17) is 0 Å². The van der Waals surface area contributed by atoms with Crippen molar-refractivity contribution in [2.24, 2.45) is 0 Å². The van der Waals surface area contributed by atoms with Crippen LogP contribution in [0, 0.1) is 0 Å². The molecule has 0 aliphatic carbocycles. The average Bonchev–Trinajstić information content (AvgIpc) is 2.80. The summed E-state index contributed by atoms with van der Waals surface area (Å²) in [5.41, 5.74) is 0. The van der Waals surface area contributed by atoms with Crippen molar-refractivity contribution in [3.8, 4) is 0 Å². The maximum absolute atomic E-state index is 13.6. The average molecular weight is 737 g/mol. The Balaban J connectivity index is 5.45. The maximum atomic E-state index is 13.6. The molecule has 27 heteroatoms. The third kappa shape index (κ3) is 6.77. The van der Waals surface area contributed by atoms with Crippen molar-refractivity contribution in [3.63, 3.8) is 0 Å². The molecule has 0 saturated carbocycles. The van der Waals surface area contributed by atoms with Gasteiger partial charge in [-0.2, -0.15) is 114 Å². The lowest BCUT2D eigenvalue weighted by atomic mass is 9.92. The summed E-state index contributed by atoms with van der Waals surface area (Å²) in [4.78, 5) is 0. The van der Waals surface area contributed by atoms with Gasteiger partial charge in [-0.25, -0.2) is 0 Å². The second-order valence-corrected chi connectivity index (χ2v) is 8.96. The fourth-order valence-corrected chi connectivity index (χ4v) is 2.91. The minimum atomic E-state index is -8.19. The van der Waals surface area contributed by atoms with Crippen LogP contribution in [0.3, 0.4) is 0 Å². The third-order valence-electron chi connectivity index (χ3n) is 5.69. The first-order chi connectivity index (χ1) is 19.2. The van der Waals surface area contributed by atoms with E-state index >= 15 is 0 Å². The molecule has 0 heterocycles. The number of hydrogen-bond acceptors (Lipinski definition) is 1. The van der Waals surface area contributed by atoms with Crippen LogP contribution in [0.1, 0.15) is 25.7 Å². The molecule has 0 radical (unpaired) electrons. The van der Waals surface area contributed by atoms with Crippen LogP contribution in [-0.2, 0) is 0 Å². The summed E-state index contributed by atoms with van der Waals surface area (Å²) in [5.74, 6) is -77.0. The van der Waals surface area contributed by atoms with Gasteiger partial charge in [-0.3, -0.25) is 0 Å². The molecule has 0 unspecified atom stereocenters. The first-order valence-corrected chi connectivity index (χ1v) is 10.8. The Hall–Kier alpha value is -1.86. The topological polar surface area (TPSA) is 12.0 Å². The quantitative estimate of drug-likeness (QED) is 0.123. The zero-order valence-corrected chi connectivity index (χ0v) is 20.6. The van der Waals surface area contributed by atoms with Crippen LogP contribution in [0.4, 0.5) is 114 Å². The minimum Gasteiger partial charge on any atom is -0.317 e. The van der Waals surface area contributed by atoms with E-state index in [9.17, 15) is 114 Å². The highest BCUT2D eigenvalue weighted by Gasteiger charge is 2.91. The summed E-state index contributed by atoms with van der Waals surface area (Å²) in [6, 6.07) is 0. The molecule has 272 valence electrons. The van der Waals surface area contributed by atoms with Crippen molar-refractivity contribution in [1.82, 2.24) is 5.32 Å². The molecule has 0 aromatic carbocycles. The molecule has 1 N–H and O–H groups in total. The molecule has 0 atom stereocenters. The lowest BCUT2D eigenvalue weighted by molar-refractivity contribution is -0.440. The van der Waals surface area contributed by atoms with Crippen LogP contribution in [0.2, 0.25) is 0 Å². The van der Waals surface area contributed by atoms with Crippen molar-refractivity contribution in [1.29, 1.82) is 0 Å². The number of nitrogens with one attached hydrogen (secondary N) is 1. The van der Waals surface area contributed by atoms with Crippen LogP contribution < -0.4 is 5.32 Å². The fraction of sp³-hybridized carbons (Fsp3) is 1.00. The van der Waals surface area contributed by atoms with Gasteiger partial charge >= 0.3 is 71.6 Å². The molecule has 0 spiro atoms. The normalized spacial score (nSPS) is 16.4. The number of rotatable bonds is 16. The molecule has 0 aromatic heterocycles. The van der Waals surface area contributed by atoms with Crippen molar-refractivity contribution in [3.05, 3.63) is 0 Å². The molecule has 0 bridgehead atoms. The van der Waals surface area contributed by atoms with Gasteiger partial charge in [-0.05, 0) is 25.9 Å².